The van der Waals surface area contributed by atoms with E-state index in [-0.39, 0.29) is 12.6 Å². The maximum absolute atomic E-state index is 8.59. The van der Waals surface area contributed by atoms with Crippen molar-refractivity contribution in [1.29, 1.82) is 0 Å². The lowest BCUT2D eigenvalue weighted by atomic mass is 10.4. The minimum absolute atomic E-state index is 0.0420. The van der Waals surface area contributed by atoms with E-state index in [1.165, 1.54) is 0 Å². The highest BCUT2D eigenvalue weighted by Crippen LogP contribution is 2.13. The molecule has 1 aliphatic rings. The molecule has 0 amide bonds. The van der Waals surface area contributed by atoms with Crippen LogP contribution in [0.5, 0.6) is 0 Å². The van der Waals surface area contributed by atoms with E-state index < -0.39 is 0 Å². The first-order valence-corrected chi connectivity index (χ1v) is 7.06. The largest absolute Gasteiger partial charge is 0.394 e. The predicted molar refractivity (Wildman–Crippen MR) is 78.3 cm³/mol. The van der Waals surface area contributed by atoms with Crippen LogP contribution in [-0.4, -0.2) is 72.7 Å². The molecule has 2 heterocycles. The summed E-state index contributed by atoms with van der Waals surface area (Å²) in [5.74, 6) is 1.24. The van der Waals surface area contributed by atoms with Crippen LogP contribution in [0.3, 0.4) is 0 Å². The van der Waals surface area contributed by atoms with Gasteiger partial charge in [-0.25, -0.2) is 0 Å². The number of rotatable bonds is 8. The van der Waals surface area contributed by atoms with Gasteiger partial charge in [0.1, 0.15) is 0 Å². The molecule has 1 saturated heterocycles. The third kappa shape index (κ3) is 5.29. The SMILES string of the molecule is Nc1nc(NCCCOCCO)nc(N2CCOCC2)n1. The molecule has 1 aromatic rings. The lowest BCUT2D eigenvalue weighted by molar-refractivity contribution is 0.0921. The first-order chi connectivity index (χ1) is 10.3. The van der Waals surface area contributed by atoms with E-state index in [9.17, 15) is 0 Å². The van der Waals surface area contributed by atoms with Crippen molar-refractivity contribution in [1.82, 2.24) is 15.0 Å². The van der Waals surface area contributed by atoms with E-state index in [2.05, 4.69) is 20.3 Å². The van der Waals surface area contributed by atoms with Gasteiger partial charge in [-0.3, -0.25) is 0 Å². The van der Waals surface area contributed by atoms with Gasteiger partial charge in [-0.05, 0) is 6.42 Å². The minimum atomic E-state index is 0.0420. The number of nitrogen functional groups attached to an aromatic ring is 1. The zero-order valence-corrected chi connectivity index (χ0v) is 12.0. The molecule has 9 nitrogen and oxygen atoms in total. The molecule has 0 bridgehead atoms. The highest BCUT2D eigenvalue weighted by atomic mass is 16.5. The molecule has 4 N–H and O–H groups in total. The number of aromatic nitrogens is 3. The van der Waals surface area contributed by atoms with Crippen LogP contribution < -0.4 is 16.0 Å². The van der Waals surface area contributed by atoms with Gasteiger partial charge in [0.15, 0.2) is 0 Å². The number of ether oxygens (including phenoxy) is 2. The van der Waals surface area contributed by atoms with Crippen LogP contribution in [-0.2, 0) is 9.47 Å². The Morgan fingerprint density at radius 2 is 2.05 bits per heavy atom. The molecular weight excluding hydrogens is 276 g/mol. The molecule has 21 heavy (non-hydrogen) atoms. The zero-order chi connectivity index (χ0) is 14.9. The number of aliphatic hydroxyl groups is 1. The van der Waals surface area contributed by atoms with Crippen LogP contribution in [0.25, 0.3) is 0 Å². The second kappa shape index (κ2) is 8.55. The van der Waals surface area contributed by atoms with E-state index >= 15 is 0 Å². The number of nitrogens with one attached hydrogen (secondary N) is 1. The molecule has 1 aromatic heterocycles. The van der Waals surface area contributed by atoms with E-state index in [1.54, 1.807) is 0 Å². The average molecular weight is 298 g/mol. The minimum Gasteiger partial charge on any atom is -0.394 e. The number of hydrogen-bond donors (Lipinski definition) is 3. The lowest BCUT2D eigenvalue weighted by Crippen LogP contribution is -2.37. The fourth-order valence-electron chi connectivity index (χ4n) is 1.91. The van der Waals surface area contributed by atoms with Crippen molar-refractivity contribution in [2.75, 3.05) is 68.6 Å². The molecular formula is C12H22N6O3. The quantitative estimate of drug-likeness (QED) is 0.524. The Kier molecular flexibility index (Phi) is 6.38. The third-order valence-electron chi connectivity index (χ3n) is 2.92. The normalized spacial score (nSPS) is 15.2. The van der Waals surface area contributed by atoms with Crippen LogP contribution >= 0.6 is 0 Å². The maximum Gasteiger partial charge on any atom is 0.232 e. The fourth-order valence-corrected chi connectivity index (χ4v) is 1.91. The maximum atomic E-state index is 8.59. The smallest absolute Gasteiger partial charge is 0.232 e. The van der Waals surface area contributed by atoms with Gasteiger partial charge >= 0.3 is 0 Å². The number of morpholine rings is 1. The van der Waals surface area contributed by atoms with E-state index in [0.29, 0.717) is 44.9 Å². The van der Waals surface area contributed by atoms with Crippen molar-refractivity contribution in [2.45, 2.75) is 6.42 Å². The summed E-state index contributed by atoms with van der Waals surface area (Å²) >= 11 is 0. The van der Waals surface area contributed by atoms with Gasteiger partial charge in [0.05, 0.1) is 26.4 Å². The van der Waals surface area contributed by atoms with E-state index in [0.717, 1.165) is 19.5 Å². The molecule has 2 rings (SSSR count). The number of anilines is 3. The average Bonchev–Trinajstić information content (AvgIpc) is 2.51. The summed E-state index contributed by atoms with van der Waals surface area (Å²) in [6.45, 7) is 4.46. The molecule has 0 saturated carbocycles. The van der Waals surface area contributed by atoms with Crippen molar-refractivity contribution in [3.8, 4) is 0 Å². The molecule has 0 unspecified atom stereocenters. The Morgan fingerprint density at radius 3 is 2.81 bits per heavy atom. The Bertz CT molecular complexity index is 427. The van der Waals surface area contributed by atoms with Gasteiger partial charge in [0, 0.05) is 26.2 Å². The number of aliphatic hydroxyl groups excluding tert-OH is 1. The highest BCUT2D eigenvalue weighted by Gasteiger charge is 2.15. The van der Waals surface area contributed by atoms with Crippen molar-refractivity contribution in [3.05, 3.63) is 0 Å². The zero-order valence-electron chi connectivity index (χ0n) is 12.0. The lowest BCUT2D eigenvalue weighted by Gasteiger charge is -2.26. The molecule has 0 aromatic carbocycles. The highest BCUT2D eigenvalue weighted by molar-refractivity contribution is 5.42. The molecule has 1 aliphatic heterocycles. The molecule has 0 radical (unpaired) electrons. The van der Waals surface area contributed by atoms with Crippen LogP contribution in [0.1, 0.15) is 6.42 Å². The third-order valence-corrected chi connectivity index (χ3v) is 2.92. The van der Waals surface area contributed by atoms with Gasteiger partial charge in [0.2, 0.25) is 17.8 Å². The summed E-state index contributed by atoms with van der Waals surface area (Å²) < 4.78 is 10.5. The van der Waals surface area contributed by atoms with Gasteiger partial charge in [-0.2, -0.15) is 15.0 Å². The van der Waals surface area contributed by atoms with E-state index in [4.69, 9.17) is 20.3 Å². The van der Waals surface area contributed by atoms with Gasteiger partial charge in [-0.1, -0.05) is 0 Å². The number of nitrogens with zero attached hydrogens (tertiary/aromatic N) is 4. The first kappa shape index (κ1) is 15.7. The van der Waals surface area contributed by atoms with Crippen molar-refractivity contribution >= 4 is 17.8 Å². The van der Waals surface area contributed by atoms with Crippen LogP contribution in [0.2, 0.25) is 0 Å². The number of hydrogen-bond acceptors (Lipinski definition) is 9. The molecule has 9 heteroatoms. The summed E-state index contributed by atoms with van der Waals surface area (Å²) in [5, 5.41) is 11.7. The van der Waals surface area contributed by atoms with Crippen molar-refractivity contribution in [2.24, 2.45) is 0 Å². The second-order valence-corrected chi connectivity index (χ2v) is 4.53. The summed E-state index contributed by atoms with van der Waals surface area (Å²) in [7, 11) is 0. The van der Waals surface area contributed by atoms with Crippen LogP contribution in [0.15, 0.2) is 0 Å². The second-order valence-electron chi connectivity index (χ2n) is 4.53. The van der Waals surface area contributed by atoms with Gasteiger partial charge in [-0.15, -0.1) is 0 Å². The van der Waals surface area contributed by atoms with Gasteiger partial charge in [0.25, 0.3) is 0 Å². The summed E-state index contributed by atoms with van der Waals surface area (Å²) in [4.78, 5) is 14.6. The molecule has 0 atom stereocenters. The molecule has 118 valence electrons. The monoisotopic (exact) mass is 298 g/mol. The van der Waals surface area contributed by atoms with Crippen LogP contribution in [0.4, 0.5) is 17.8 Å². The number of nitrogens with two attached hydrogens (primary N) is 1. The first-order valence-electron chi connectivity index (χ1n) is 7.06. The molecule has 1 fully saturated rings. The fraction of sp³-hybridized carbons (Fsp3) is 0.750. The topological polar surface area (TPSA) is 119 Å². The van der Waals surface area contributed by atoms with Gasteiger partial charge < -0.3 is 30.5 Å². The van der Waals surface area contributed by atoms with Crippen LogP contribution in [0, 0.1) is 0 Å². The van der Waals surface area contributed by atoms with E-state index in [1.807, 2.05) is 4.90 Å². The molecule has 0 aliphatic carbocycles. The Morgan fingerprint density at radius 1 is 1.24 bits per heavy atom. The standard InChI is InChI=1S/C12H22N6O3/c13-10-15-11(14-2-1-6-20-9-5-19)17-12(16-10)18-3-7-21-8-4-18/h19H,1-9H2,(H3,13,14,15,16,17). The Labute approximate surface area is 123 Å². The summed E-state index contributed by atoms with van der Waals surface area (Å²) in [6, 6.07) is 0. The Hall–Kier alpha value is -1.71. The van der Waals surface area contributed by atoms with Crippen molar-refractivity contribution < 1.29 is 14.6 Å². The summed E-state index contributed by atoms with van der Waals surface area (Å²) in [6.07, 6.45) is 0.790. The molecule has 0 spiro atoms. The predicted octanol–water partition coefficient (Wildman–Crippen LogP) is -0.899. The Balaban J connectivity index is 1.83. The summed E-state index contributed by atoms with van der Waals surface area (Å²) in [5.41, 5.74) is 5.72. The van der Waals surface area contributed by atoms with Crippen molar-refractivity contribution in [3.63, 3.8) is 0 Å².